The van der Waals surface area contributed by atoms with Gasteiger partial charge in [-0.2, -0.15) is 0 Å². The molecule has 0 spiro atoms. The number of rotatable bonds is 4. The number of amides is 1. The van der Waals surface area contributed by atoms with Gasteiger partial charge in [-0.1, -0.05) is 18.2 Å². The third kappa shape index (κ3) is 2.77. The van der Waals surface area contributed by atoms with Crippen molar-refractivity contribution in [2.45, 2.75) is 18.9 Å². The Morgan fingerprint density at radius 1 is 1.15 bits per heavy atom. The second kappa shape index (κ2) is 6.05. The van der Waals surface area contributed by atoms with Crippen molar-refractivity contribution in [1.82, 2.24) is 15.3 Å². The number of H-pyrrole nitrogens is 1. The maximum Gasteiger partial charge on any atom is 0.224 e. The highest BCUT2D eigenvalue weighted by atomic mass is 16.6. The monoisotopic (exact) mass is 349 g/mol. The summed E-state index contributed by atoms with van der Waals surface area (Å²) >= 11 is 0. The lowest BCUT2D eigenvalue weighted by Crippen LogP contribution is -2.25. The molecule has 2 N–H and O–H groups in total. The predicted molar refractivity (Wildman–Crippen MR) is 96.2 cm³/mol. The molecule has 26 heavy (non-hydrogen) atoms. The van der Waals surface area contributed by atoms with Crippen LogP contribution in [0.25, 0.3) is 11.0 Å². The van der Waals surface area contributed by atoms with Crippen molar-refractivity contribution in [3.8, 4) is 11.5 Å². The zero-order chi connectivity index (χ0) is 17.5. The molecule has 1 amide bonds. The Morgan fingerprint density at radius 2 is 2.00 bits per heavy atom. The molecule has 5 rings (SSSR count). The van der Waals surface area contributed by atoms with Gasteiger partial charge in [-0.15, -0.1) is 0 Å². The first-order valence-corrected chi connectivity index (χ1v) is 8.89. The summed E-state index contributed by atoms with van der Waals surface area (Å²) in [4.78, 5) is 20.2. The van der Waals surface area contributed by atoms with E-state index in [1.54, 1.807) is 0 Å². The fourth-order valence-corrected chi connectivity index (χ4v) is 3.54. The van der Waals surface area contributed by atoms with Gasteiger partial charge in [-0.05, 0) is 42.2 Å². The van der Waals surface area contributed by atoms with E-state index in [1.807, 2.05) is 42.5 Å². The summed E-state index contributed by atoms with van der Waals surface area (Å²) in [5, 5.41) is 3.00. The van der Waals surface area contributed by atoms with E-state index in [4.69, 9.17) is 9.47 Å². The highest BCUT2D eigenvalue weighted by molar-refractivity contribution is 5.83. The fraction of sp³-hybridized carbons (Fsp3) is 0.300. The molecule has 1 fully saturated rings. The lowest BCUT2D eigenvalue weighted by atomic mass is 10.1. The number of nitrogens with zero attached hydrogens (tertiary/aromatic N) is 1. The summed E-state index contributed by atoms with van der Waals surface area (Å²) in [7, 11) is 0. The van der Waals surface area contributed by atoms with Crippen LogP contribution in [0.2, 0.25) is 0 Å². The summed E-state index contributed by atoms with van der Waals surface area (Å²) in [6, 6.07) is 13.8. The van der Waals surface area contributed by atoms with Crippen LogP contribution in [0.4, 0.5) is 0 Å². The topological polar surface area (TPSA) is 76.2 Å². The largest absolute Gasteiger partial charge is 0.486 e. The van der Waals surface area contributed by atoms with Crippen LogP contribution in [-0.2, 0) is 11.3 Å². The number of ether oxygens (including phenoxy) is 2. The van der Waals surface area contributed by atoms with Crippen LogP contribution in [0, 0.1) is 5.92 Å². The molecule has 0 unspecified atom stereocenters. The number of para-hydroxylation sites is 2. The van der Waals surface area contributed by atoms with Crippen LogP contribution in [0.15, 0.2) is 42.5 Å². The van der Waals surface area contributed by atoms with Crippen LogP contribution < -0.4 is 14.8 Å². The zero-order valence-corrected chi connectivity index (χ0v) is 14.2. The molecule has 2 atom stereocenters. The third-order valence-corrected chi connectivity index (χ3v) is 4.99. The second-order valence-corrected chi connectivity index (χ2v) is 6.77. The number of fused-ring (bicyclic) bond motifs is 2. The van der Waals surface area contributed by atoms with Crippen molar-refractivity contribution in [2.75, 3.05) is 13.2 Å². The molecule has 1 saturated carbocycles. The molecular formula is C20H19N3O3. The van der Waals surface area contributed by atoms with Gasteiger partial charge >= 0.3 is 0 Å². The van der Waals surface area contributed by atoms with Gasteiger partial charge < -0.3 is 19.8 Å². The molecule has 1 aliphatic heterocycles. The van der Waals surface area contributed by atoms with Crippen LogP contribution in [0.5, 0.6) is 11.5 Å². The van der Waals surface area contributed by atoms with Crippen molar-refractivity contribution in [3.63, 3.8) is 0 Å². The van der Waals surface area contributed by atoms with Gasteiger partial charge in [0.1, 0.15) is 19.0 Å². The number of benzene rings is 2. The number of aromatic nitrogens is 2. The average Bonchev–Trinajstić information content (AvgIpc) is 3.38. The Kier molecular flexibility index (Phi) is 3.55. The lowest BCUT2D eigenvalue weighted by molar-refractivity contribution is -0.122. The number of nitrogens with one attached hydrogen (secondary N) is 2. The predicted octanol–water partition coefficient (Wildman–Crippen LogP) is 2.75. The first-order chi connectivity index (χ1) is 12.8. The number of hydrogen-bond acceptors (Lipinski definition) is 4. The van der Waals surface area contributed by atoms with Gasteiger partial charge in [-0.25, -0.2) is 4.98 Å². The Bertz CT molecular complexity index is 948. The van der Waals surface area contributed by atoms with Gasteiger partial charge in [0.05, 0.1) is 17.6 Å². The first kappa shape index (κ1) is 15.3. The molecule has 6 heteroatoms. The van der Waals surface area contributed by atoms with Crippen LogP contribution in [0.3, 0.4) is 0 Å². The van der Waals surface area contributed by atoms with E-state index >= 15 is 0 Å². The lowest BCUT2D eigenvalue weighted by Gasteiger charge is -2.18. The normalized spacial score (nSPS) is 20.8. The van der Waals surface area contributed by atoms with E-state index < -0.39 is 0 Å². The Hall–Kier alpha value is -3.02. The van der Waals surface area contributed by atoms with Crippen molar-refractivity contribution < 1.29 is 14.3 Å². The van der Waals surface area contributed by atoms with Crippen molar-refractivity contribution in [1.29, 1.82) is 0 Å². The molecule has 6 nitrogen and oxygen atoms in total. The fourth-order valence-electron chi connectivity index (χ4n) is 3.54. The number of hydrogen-bond donors (Lipinski definition) is 2. The first-order valence-electron chi connectivity index (χ1n) is 8.89. The Balaban J connectivity index is 1.22. The number of carbonyl (C=O) groups excluding carboxylic acids is 1. The highest BCUT2D eigenvalue weighted by Gasteiger charge is 2.44. The molecule has 0 bridgehead atoms. The van der Waals surface area contributed by atoms with Crippen LogP contribution in [0.1, 0.15) is 23.7 Å². The molecule has 0 radical (unpaired) electrons. The zero-order valence-electron chi connectivity index (χ0n) is 14.2. The molecule has 1 aliphatic carbocycles. The van der Waals surface area contributed by atoms with Crippen molar-refractivity contribution >= 4 is 16.9 Å². The summed E-state index contributed by atoms with van der Waals surface area (Å²) in [6.07, 6.45) is 0.867. The van der Waals surface area contributed by atoms with E-state index in [0.717, 1.165) is 40.3 Å². The Morgan fingerprint density at radius 3 is 2.88 bits per heavy atom. The maximum atomic E-state index is 12.5. The minimum atomic E-state index is 0.0157. The van der Waals surface area contributed by atoms with Gasteiger partial charge in [-0.3, -0.25) is 4.79 Å². The molecule has 132 valence electrons. The second-order valence-electron chi connectivity index (χ2n) is 6.77. The van der Waals surface area contributed by atoms with Gasteiger partial charge in [0, 0.05) is 5.92 Å². The third-order valence-electron chi connectivity index (χ3n) is 4.99. The number of aromatic amines is 1. The van der Waals surface area contributed by atoms with E-state index in [9.17, 15) is 4.79 Å². The minimum absolute atomic E-state index is 0.0157. The van der Waals surface area contributed by atoms with Gasteiger partial charge in [0.15, 0.2) is 11.5 Å². The smallest absolute Gasteiger partial charge is 0.224 e. The van der Waals surface area contributed by atoms with Crippen molar-refractivity contribution in [3.05, 3.63) is 53.9 Å². The average molecular weight is 349 g/mol. The Labute approximate surface area is 150 Å². The molecular weight excluding hydrogens is 330 g/mol. The van der Waals surface area contributed by atoms with E-state index in [1.165, 1.54) is 0 Å². The standard InChI is InChI=1S/C20H19N3O3/c24-20(21-11-19-22-15-3-1-2-4-16(15)23-19)14-10-13(14)12-5-6-17-18(9-12)26-8-7-25-17/h1-6,9,13-14H,7-8,10-11H2,(H,21,24)(H,22,23)/t13-,14+/m0/s1. The SMILES string of the molecule is O=C(NCc1nc2ccccc2[nH]1)[C@@H]1C[C@H]1c1ccc2c(c1)OCCO2. The van der Waals surface area contributed by atoms with E-state index in [2.05, 4.69) is 15.3 Å². The minimum Gasteiger partial charge on any atom is -0.486 e. The summed E-state index contributed by atoms with van der Waals surface area (Å²) in [5.41, 5.74) is 3.03. The summed E-state index contributed by atoms with van der Waals surface area (Å²) in [6.45, 7) is 1.57. The molecule has 0 saturated heterocycles. The number of imidazole rings is 1. The highest BCUT2D eigenvalue weighted by Crippen LogP contribution is 2.49. The molecule has 3 aromatic rings. The molecule has 1 aromatic heterocycles. The van der Waals surface area contributed by atoms with E-state index in [0.29, 0.717) is 19.8 Å². The van der Waals surface area contributed by atoms with Gasteiger partial charge in [0.25, 0.3) is 0 Å². The van der Waals surface area contributed by atoms with Crippen LogP contribution in [-0.4, -0.2) is 29.1 Å². The summed E-state index contributed by atoms with van der Waals surface area (Å²) < 4.78 is 11.2. The van der Waals surface area contributed by atoms with Crippen LogP contribution >= 0.6 is 0 Å². The van der Waals surface area contributed by atoms with Crippen molar-refractivity contribution in [2.24, 2.45) is 5.92 Å². The number of carbonyl (C=O) groups is 1. The van der Waals surface area contributed by atoms with E-state index in [-0.39, 0.29) is 17.7 Å². The molecule has 2 aromatic carbocycles. The maximum absolute atomic E-state index is 12.5. The quantitative estimate of drug-likeness (QED) is 0.759. The van der Waals surface area contributed by atoms with Gasteiger partial charge in [0.2, 0.25) is 5.91 Å². The molecule has 2 heterocycles. The molecule has 2 aliphatic rings. The summed E-state index contributed by atoms with van der Waals surface area (Å²) in [5.74, 6) is 2.68.